The summed E-state index contributed by atoms with van der Waals surface area (Å²) in [4.78, 5) is 13.7. The van der Waals surface area contributed by atoms with Gasteiger partial charge in [0, 0.05) is 20.1 Å². The number of hydrogen-bond donors (Lipinski definition) is 1. The predicted octanol–water partition coefficient (Wildman–Crippen LogP) is 1.95. The molecule has 2 rings (SSSR count). The molecule has 6 heteroatoms. The molecule has 1 aliphatic heterocycles. The van der Waals surface area contributed by atoms with Crippen molar-refractivity contribution in [3.63, 3.8) is 0 Å². The summed E-state index contributed by atoms with van der Waals surface area (Å²) in [5, 5.41) is 15.1. The van der Waals surface area contributed by atoms with Gasteiger partial charge in [0.15, 0.2) is 0 Å². The molecule has 2 heterocycles. The van der Waals surface area contributed by atoms with E-state index in [1.165, 1.54) is 0 Å². The molecule has 21 heavy (non-hydrogen) atoms. The molecule has 0 aliphatic carbocycles. The fourth-order valence-electron chi connectivity index (χ4n) is 2.84. The first kappa shape index (κ1) is 15.8. The van der Waals surface area contributed by atoms with Gasteiger partial charge < -0.3 is 14.7 Å². The van der Waals surface area contributed by atoms with Crippen LogP contribution in [0.1, 0.15) is 44.9 Å². The number of rotatable bonds is 1. The van der Waals surface area contributed by atoms with Crippen LogP contribution in [0.15, 0.2) is 6.20 Å². The molecule has 0 saturated carbocycles. The van der Waals surface area contributed by atoms with Crippen LogP contribution >= 0.6 is 0 Å². The summed E-state index contributed by atoms with van der Waals surface area (Å²) in [6.07, 6.45) is 2.43. The number of aryl methyl sites for hydroxylation is 2. The number of aromatic nitrogens is 2. The van der Waals surface area contributed by atoms with Crippen molar-refractivity contribution in [2.45, 2.75) is 51.7 Å². The highest BCUT2D eigenvalue weighted by atomic mass is 16.6. The summed E-state index contributed by atoms with van der Waals surface area (Å²) >= 11 is 0. The molecule has 0 atom stereocenters. The molecule has 1 N–H and O–H groups in total. The molecule has 1 saturated heterocycles. The number of nitrogens with zero attached hydrogens (tertiary/aromatic N) is 3. The lowest BCUT2D eigenvalue weighted by atomic mass is 9.86. The first-order valence-corrected chi connectivity index (χ1v) is 7.32. The Kier molecular flexibility index (Phi) is 4.02. The molecule has 1 aromatic heterocycles. The van der Waals surface area contributed by atoms with Gasteiger partial charge in [-0.05, 0) is 46.1 Å². The largest absolute Gasteiger partial charge is 0.444 e. The zero-order valence-electron chi connectivity index (χ0n) is 13.5. The van der Waals surface area contributed by atoms with Crippen LogP contribution in [-0.4, -0.2) is 44.6 Å². The van der Waals surface area contributed by atoms with E-state index in [0.29, 0.717) is 25.9 Å². The van der Waals surface area contributed by atoms with Crippen LogP contribution in [0.5, 0.6) is 0 Å². The van der Waals surface area contributed by atoms with Crippen molar-refractivity contribution >= 4 is 6.09 Å². The molecule has 0 spiro atoms. The Morgan fingerprint density at radius 1 is 1.38 bits per heavy atom. The topological polar surface area (TPSA) is 67.6 Å². The number of carbonyl (C=O) groups is 1. The monoisotopic (exact) mass is 295 g/mol. The van der Waals surface area contributed by atoms with E-state index in [-0.39, 0.29) is 6.09 Å². The van der Waals surface area contributed by atoms with Gasteiger partial charge in [-0.25, -0.2) is 4.79 Å². The molecule has 1 aromatic rings. The number of aliphatic hydroxyl groups is 1. The lowest BCUT2D eigenvalue weighted by molar-refractivity contribution is -0.0404. The van der Waals surface area contributed by atoms with Crippen LogP contribution < -0.4 is 0 Å². The average molecular weight is 295 g/mol. The van der Waals surface area contributed by atoms with Gasteiger partial charge in [-0.1, -0.05) is 0 Å². The van der Waals surface area contributed by atoms with Gasteiger partial charge in [0.2, 0.25) is 0 Å². The van der Waals surface area contributed by atoms with Crippen molar-refractivity contribution in [2.24, 2.45) is 7.05 Å². The quantitative estimate of drug-likeness (QED) is 0.860. The summed E-state index contributed by atoms with van der Waals surface area (Å²) in [7, 11) is 1.83. The zero-order chi connectivity index (χ0) is 15.8. The standard InChI is InChI=1S/C15H25N3O3/c1-11-10-16-17(5)12(11)15(20)6-8-18(9-7-15)13(19)21-14(2,3)4/h10,20H,6-9H2,1-5H3. The Hall–Kier alpha value is -1.56. The third-order valence-electron chi connectivity index (χ3n) is 3.80. The van der Waals surface area contributed by atoms with E-state index >= 15 is 0 Å². The molecule has 118 valence electrons. The summed E-state index contributed by atoms with van der Waals surface area (Å²) in [5.74, 6) is 0. The molecule has 0 radical (unpaired) electrons. The number of amides is 1. The first-order valence-electron chi connectivity index (χ1n) is 7.32. The number of piperidine rings is 1. The van der Waals surface area contributed by atoms with Crippen molar-refractivity contribution in [3.05, 3.63) is 17.5 Å². The number of hydrogen-bond acceptors (Lipinski definition) is 4. The minimum atomic E-state index is -0.923. The van der Waals surface area contributed by atoms with Crippen molar-refractivity contribution in [2.75, 3.05) is 13.1 Å². The third-order valence-corrected chi connectivity index (χ3v) is 3.80. The van der Waals surface area contributed by atoms with Crippen LogP contribution in [0.3, 0.4) is 0 Å². The second-order valence-electron chi connectivity index (χ2n) is 6.80. The fourth-order valence-corrected chi connectivity index (χ4v) is 2.84. The zero-order valence-corrected chi connectivity index (χ0v) is 13.5. The maximum Gasteiger partial charge on any atom is 0.410 e. The van der Waals surface area contributed by atoms with Gasteiger partial charge in [0.1, 0.15) is 11.2 Å². The van der Waals surface area contributed by atoms with Crippen molar-refractivity contribution in [3.8, 4) is 0 Å². The van der Waals surface area contributed by atoms with Gasteiger partial charge in [0.25, 0.3) is 0 Å². The fraction of sp³-hybridized carbons (Fsp3) is 0.733. The SMILES string of the molecule is Cc1cnn(C)c1C1(O)CCN(C(=O)OC(C)(C)C)CC1. The smallest absolute Gasteiger partial charge is 0.410 e. The van der Waals surface area contributed by atoms with E-state index in [1.54, 1.807) is 15.8 Å². The lowest BCUT2D eigenvalue weighted by Crippen LogP contribution is -2.47. The maximum absolute atomic E-state index is 12.0. The average Bonchev–Trinajstić information content (AvgIpc) is 2.68. The highest BCUT2D eigenvalue weighted by Gasteiger charge is 2.39. The van der Waals surface area contributed by atoms with Gasteiger partial charge in [-0.15, -0.1) is 0 Å². The molecule has 6 nitrogen and oxygen atoms in total. The van der Waals surface area contributed by atoms with Crippen LogP contribution in [-0.2, 0) is 17.4 Å². The number of carbonyl (C=O) groups excluding carboxylic acids is 1. The van der Waals surface area contributed by atoms with Crippen molar-refractivity contribution in [1.82, 2.24) is 14.7 Å². The Morgan fingerprint density at radius 3 is 2.38 bits per heavy atom. The van der Waals surface area contributed by atoms with E-state index in [9.17, 15) is 9.90 Å². The second-order valence-corrected chi connectivity index (χ2v) is 6.80. The van der Waals surface area contributed by atoms with E-state index in [2.05, 4.69) is 5.10 Å². The Balaban J connectivity index is 2.05. The second kappa shape index (κ2) is 5.33. The summed E-state index contributed by atoms with van der Waals surface area (Å²) in [6, 6.07) is 0. The van der Waals surface area contributed by atoms with Crippen LogP contribution in [0.2, 0.25) is 0 Å². The third kappa shape index (κ3) is 3.37. The Morgan fingerprint density at radius 2 is 1.95 bits per heavy atom. The number of ether oxygens (including phenoxy) is 1. The molecular weight excluding hydrogens is 270 g/mol. The molecule has 0 unspecified atom stereocenters. The molecule has 1 aliphatic rings. The van der Waals surface area contributed by atoms with E-state index in [4.69, 9.17) is 4.74 Å². The Bertz CT molecular complexity index is 503. The van der Waals surface area contributed by atoms with E-state index in [1.807, 2.05) is 34.7 Å². The lowest BCUT2D eigenvalue weighted by Gasteiger charge is -2.39. The van der Waals surface area contributed by atoms with Gasteiger partial charge in [-0.3, -0.25) is 4.68 Å². The van der Waals surface area contributed by atoms with Crippen LogP contribution in [0, 0.1) is 6.92 Å². The number of likely N-dealkylation sites (tertiary alicyclic amines) is 1. The molecule has 0 bridgehead atoms. The Labute approximate surface area is 125 Å². The summed E-state index contributed by atoms with van der Waals surface area (Å²) in [6.45, 7) is 8.46. The van der Waals surface area contributed by atoms with Gasteiger partial charge >= 0.3 is 6.09 Å². The predicted molar refractivity (Wildman–Crippen MR) is 78.9 cm³/mol. The van der Waals surface area contributed by atoms with Crippen LogP contribution in [0.4, 0.5) is 4.79 Å². The first-order chi connectivity index (χ1) is 9.62. The highest BCUT2D eigenvalue weighted by molar-refractivity contribution is 5.68. The van der Waals surface area contributed by atoms with Crippen molar-refractivity contribution in [1.29, 1.82) is 0 Å². The summed E-state index contributed by atoms with van der Waals surface area (Å²) in [5.41, 5.74) is 0.397. The summed E-state index contributed by atoms with van der Waals surface area (Å²) < 4.78 is 7.09. The van der Waals surface area contributed by atoms with E-state index < -0.39 is 11.2 Å². The highest BCUT2D eigenvalue weighted by Crippen LogP contribution is 2.34. The minimum Gasteiger partial charge on any atom is -0.444 e. The maximum atomic E-state index is 12.0. The van der Waals surface area contributed by atoms with Crippen molar-refractivity contribution < 1.29 is 14.6 Å². The molecular formula is C15H25N3O3. The van der Waals surface area contributed by atoms with Gasteiger partial charge in [-0.2, -0.15) is 5.10 Å². The van der Waals surface area contributed by atoms with Crippen LogP contribution in [0.25, 0.3) is 0 Å². The molecule has 0 aromatic carbocycles. The van der Waals surface area contributed by atoms with Gasteiger partial charge in [0.05, 0.1) is 11.9 Å². The molecule has 1 amide bonds. The van der Waals surface area contributed by atoms with E-state index in [0.717, 1.165) is 11.3 Å². The molecule has 1 fully saturated rings. The minimum absolute atomic E-state index is 0.314. The normalized spacial score (nSPS) is 18.7.